The standard InChI is InChI=1S/C14H18N2O4S/c17-13-3-1-2-10-11(13)4-5-12(10)16-14(18)15-9-6-7-21(19,20)8-9/h1-3,9,12,17H,4-8H2,(H2,15,16,18)/t9-,12+/m0/s1. The molecule has 2 amide bonds. The van der Waals surface area contributed by atoms with Gasteiger partial charge in [0.15, 0.2) is 9.84 Å². The molecule has 114 valence electrons. The summed E-state index contributed by atoms with van der Waals surface area (Å²) >= 11 is 0. The number of rotatable bonds is 2. The minimum atomic E-state index is -3.00. The van der Waals surface area contributed by atoms with Gasteiger partial charge in [0.2, 0.25) is 0 Å². The van der Waals surface area contributed by atoms with E-state index in [-0.39, 0.29) is 35.4 Å². The van der Waals surface area contributed by atoms with Crippen LogP contribution in [0, 0.1) is 0 Å². The van der Waals surface area contributed by atoms with Crippen molar-refractivity contribution in [3.05, 3.63) is 29.3 Å². The molecular weight excluding hydrogens is 292 g/mol. The number of carbonyl (C=O) groups is 1. The maximum Gasteiger partial charge on any atom is 0.315 e. The first-order valence-corrected chi connectivity index (χ1v) is 8.85. The van der Waals surface area contributed by atoms with E-state index in [9.17, 15) is 18.3 Å². The number of amides is 2. The third-order valence-electron chi connectivity index (χ3n) is 4.12. The number of aromatic hydroxyl groups is 1. The largest absolute Gasteiger partial charge is 0.508 e. The SMILES string of the molecule is O=C(N[C@H]1CCS(=O)(=O)C1)N[C@@H]1CCc2c(O)cccc21. The molecule has 21 heavy (non-hydrogen) atoms. The zero-order chi connectivity index (χ0) is 15.0. The van der Waals surface area contributed by atoms with Crippen LogP contribution in [0.1, 0.15) is 30.0 Å². The lowest BCUT2D eigenvalue weighted by molar-refractivity contribution is 0.234. The summed E-state index contributed by atoms with van der Waals surface area (Å²) in [6.45, 7) is 0. The minimum Gasteiger partial charge on any atom is -0.508 e. The highest BCUT2D eigenvalue weighted by Crippen LogP contribution is 2.36. The van der Waals surface area contributed by atoms with Gasteiger partial charge in [0.05, 0.1) is 17.5 Å². The lowest BCUT2D eigenvalue weighted by atomic mass is 10.1. The molecule has 7 heteroatoms. The molecule has 6 nitrogen and oxygen atoms in total. The highest BCUT2D eigenvalue weighted by Gasteiger charge is 2.30. The van der Waals surface area contributed by atoms with Gasteiger partial charge >= 0.3 is 6.03 Å². The van der Waals surface area contributed by atoms with E-state index < -0.39 is 9.84 Å². The predicted molar refractivity (Wildman–Crippen MR) is 77.9 cm³/mol. The highest BCUT2D eigenvalue weighted by molar-refractivity contribution is 7.91. The molecule has 1 aliphatic carbocycles. The fourth-order valence-electron chi connectivity index (χ4n) is 3.08. The van der Waals surface area contributed by atoms with Crippen molar-refractivity contribution >= 4 is 15.9 Å². The Morgan fingerprint density at radius 2 is 2.05 bits per heavy atom. The number of fused-ring (bicyclic) bond motifs is 1. The fraction of sp³-hybridized carbons (Fsp3) is 0.500. The van der Waals surface area contributed by atoms with Gasteiger partial charge in [-0.2, -0.15) is 0 Å². The number of hydrogen-bond acceptors (Lipinski definition) is 4. The predicted octanol–water partition coefficient (Wildman–Crippen LogP) is 0.866. The van der Waals surface area contributed by atoms with Crippen LogP contribution in [0.4, 0.5) is 4.79 Å². The van der Waals surface area contributed by atoms with E-state index in [0.29, 0.717) is 6.42 Å². The van der Waals surface area contributed by atoms with Crippen molar-refractivity contribution in [2.45, 2.75) is 31.3 Å². The van der Waals surface area contributed by atoms with E-state index in [4.69, 9.17) is 0 Å². The summed E-state index contributed by atoms with van der Waals surface area (Å²) < 4.78 is 22.7. The Bertz CT molecular complexity index is 672. The van der Waals surface area contributed by atoms with E-state index in [1.165, 1.54) is 0 Å². The van der Waals surface area contributed by atoms with Crippen LogP contribution in [0.2, 0.25) is 0 Å². The molecule has 0 unspecified atom stereocenters. The molecule has 0 radical (unpaired) electrons. The first kappa shape index (κ1) is 14.2. The van der Waals surface area contributed by atoms with Crippen LogP contribution < -0.4 is 10.6 Å². The molecule has 1 aromatic rings. The summed E-state index contributed by atoms with van der Waals surface area (Å²) in [5.41, 5.74) is 1.82. The van der Waals surface area contributed by atoms with Crippen LogP contribution in [0.5, 0.6) is 5.75 Å². The monoisotopic (exact) mass is 310 g/mol. The molecule has 1 aromatic carbocycles. The van der Waals surface area contributed by atoms with E-state index >= 15 is 0 Å². The van der Waals surface area contributed by atoms with Crippen LogP contribution >= 0.6 is 0 Å². The molecular formula is C14H18N2O4S. The highest BCUT2D eigenvalue weighted by atomic mass is 32.2. The summed E-state index contributed by atoms with van der Waals surface area (Å²) in [6.07, 6.45) is 1.94. The van der Waals surface area contributed by atoms with Gasteiger partial charge in [-0.05, 0) is 36.5 Å². The van der Waals surface area contributed by atoms with Gasteiger partial charge in [-0.1, -0.05) is 12.1 Å². The molecule has 0 spiro atoms. The number of benzene rings is 1. The first-order valence-electron chi connectivity index (χ1n) is 7.03. The normalized spacial score (nSPS) is 26.3. The Labute approximate surface area is 123 Å². The average Bonchev–Trinajstić information content (AvgIpc) is 2.95. The lowest BCUT2D eigenvalue weighted by Gasteiger charge is -2.17. The zero-order valence-corrected chi connectivity index (χ0v) is 12.3. The number of phenols is 1. The Morgan fingerprint density at radius 1 is 1.24 bits per heavy atom. The quantitative estimate of drug-likeness (QED) is 0.755. The number of urea groups is 1. The van der Waals surface area contributed by atoms with Gasteiger partial charge in [-0.15, -0.1) is 0 Å². The van der Waals surface area contributed by atoms with Gasteiger partial charge in [-0.3, -0.25) is 0 Å². The van der Waals surface area contributed by atoms with Crippen molar-refractivity contribution in [1.29, 1.82) is 0 Å². The number of hydrogen-bond donors (Lipinski definition) is 3. The van der Waals surface area contributed by atoms with Gasteiger partial charge in [0.1, 0.15) is 5.75 Å². The van der Waals surface area contributed by atoms with E-state index in [2.05, 4.69) is 10.6 Å². The second-order valence-corrected chi connectivity index (χ2v) is 7.88. The Morgan fingerprint density at radius 3 is 2.76 bits per heavy atom. The minimum absolute atomic E-state index is 0.0163. The third-order valence-corrected chi connectivity index (χ3v) is 5.89. The molecule has 1 saturated heterocycles. The Balaban J connectivity index is 1.61. The molecule has 3 rings (SSSR count). The van der Waals surface area contributed by atoms with Crippen LogP contribution in [0.25, 0.3) is 0 Å². The van der Waals surface area contributed by atoms with E-state index in [0.717, 1.165) is 24.0 Å². The Kier molecular flexibility index (Phi) is 3.52. The van der Waals surface area contributed by atoms with Gasteiger partial charge in [-0.25, -0.2) is 13.2 Å². The maximum atomic E-state index is 12.0. The van der Waals surface area contributed by atoms with Gasteiger partial charge < -0.3 is 15.7 Å². The Hall–Kier alpha value is -1.76. The number of phenolic OH excluding ortho intramolecular Hbond substituents is 1. The number of nitrogens with one attached hydrogen (secondary N) is 2. The molecule has 2 aliphatic rings. The second-order valence-electron chi connectivity index (χ2n) is 5.65. The smallest absolute Gasteiger partial charge is 0.315 e. The van der Waals surface area contributed by atoms with Crippen molar-refractivity contribution in [1.82, 2.24) is 10.6 Å². The summed E-state index contributed by atoms with van der Waals surface area (Å²) in [5, 5.41) is 15.4. The molecule has 1 fully saturated rings. The molecule has 0 aromatic heterocycles. The van der Waals surface area contributed by atoms with Crippen molar-refractivity contribution in [2.24, 2.45) is 0 Å². The van der Waals surface area contributed by atoms with Crippen LogP contribution in [0.3, 0.4) is 0 Å². The van der Waals surface area contributed by atoms with Gasteiger partial charge in [0.25, 0.3) is 0 Å². The molecule has 2 atom stereocenters. The van der Waals surface area contributed by atoms with Crippen LogP contribution in [-0.4, -0.2) is 37.1 Å². The molecule has 1 heterocycles. The number of sulfone groups is 1. The topological polar surface area (TPSA) is 95.5 Å². The van der Waals surface area contributed by atoms with E-state index in [1.54, 1.807) is 12.1 Å². The average molecular weight is 310 g/mol. The number of carbonyl (C=O) groups excluding carboxylic acids is 1. The summed E-state index contributed by atoms with van der Waals surface area (Å²) in [4.78, 5) is 12.0. The molecule has 0 saturated carbocycles. The van der Waals surface area contributed by atoms with Crippen molar-refractivity contribution < 1.29 is 18.3 Å². The summed E-state index contributed by atoms with van der Waals surface area (Å²) in [5.74, 6) is 0.416. The van der Waals surface area contributed by atoms with E-state index in [1.807, 2.05) is 6.07 Å². The molecule has 1 aliphatic heterocycles. The lowest BCUT2D eigenvalue weighted by Crippen LogP contribution is -2.43. The van der Waals surface area contributed by atoms with Crippen molar-refractivity contribution in [3.63, 3.8) is 0 Å². The maximum absolute atomic E-state index is 12.0. The van der Waals surface area contributed by atoms with Crippen molar-refractivity contribution in [3.8, 4) is 5.75 Å². The first-order chi connectivity index (χ1) is 9.94. The van der Waals surface area contributed by atoms with Crippen LogP contribution in [0.15, 0.2) is 18.2 Å². The second kappa shape index (κ2) is 5.22. The summed E-state index contributed by atoms with van der Waals surface area (Å²) in [7, 11) is -3.00. The van der Waals surface area contributed by atoms with Crippen LogP contribution in [-0.2, 0) is 16.3 Å². The van der Waals surface area contributed by atoms with Crippen molar-refractivity contribution in [2.75, 3.05) is 11.5 Å². The molecule has 0 bridgehead atoms. The molecule has 3 N–H and O–H groups in total. The fourth-order valence-corrected chi connectivity index (χ4v) is 4.75. The third kappa shape index (κ3) is 2.97. The van der Waals surface area contributed by atoms with Gasteiger partial charge in [0, 0.05) is 6.04 Å². The summed E-state index contributed by atoms with van der Waals surface area (Å²) in [6, 6.07) is 4.51. The zero-order valence-electron chi connectivity index (χ0n) is 11.5.